The number of hydrogen-bond donors (Lipinski definition) is 2. The molecule has 0 saturated heterocycles. The van der Waals surface area contributed by atoms with Crippen LogP contribution in [0.3, 0.4) is 0 Å². The minimum absolute atomic E-state index is 0.0584. The SMILES string of the molecule is NN(CCS(=O)(=O)O)c1ccccc1. The Morgan fingerprint density at radius 1 is 1.29 bits per heavy atom. The van der Waals surface area contributed by atoms with Crippen molar-refractivity contribution in [1.82, 2.24) is 0 Å². The molecular formula is C8H12N2O3S. The molecular weight excluding hydrogens is 204 g/mol. The normalized spacial score (nSPS) is 11.3. The smallest absolute Gasteiger partial charge is 0.266 e. The molecule has 0 saturated carbocycles. The highest BCUT2D eigenvalue weighted by Crippen LogP contribution is 2.08. The molecule has 0 radical (unpaired) electrons. The van der Waals surface area contributed by atoms with Crippen molar-refractivity contribution in [2.24, 2.45) is 5.84 Å². The van der Waals surface area contributed by atoms with Crippen molar-refractivity contribution in [3.8, 4) is 0 Å². The van der Waals surface area contributed by atoms with Gasteiger partial charge in [-0.2, -0.15) is 8.42 Å². The van der Waals surface area contributed by atoms with Crippen molar-refractivity contribution >= 4 is 15.8 Å². The lowest BCUT2D eigenvalue weighted by Crippen LogP contribution is -2.35. The van der Waals surface area contributed by atoms with Gasteiger partial charge in [0.15, 0.2) is 0 Å². The van der Waals surface area contributed by atoms with Gasteiger partial charge in [-0.25, -0.2) is 5.84 Å². The maximum atomic E-state index is 10.4. The van der Waals surface area contributed by atoms with E-state index in [1.54, 1.807) is 24.3 Å². The van der Waals surface area contributed by atoms with Gasteiger partial charge in [0.25, 0.3) is 10.1 Å². The highest BCUT2D eigenvalue weighted by molar-refractivity contribution is 7.85. The van der Waals surface area contributed by atoms with Gasteiger partial charge in [0, 0.05) is 0 Å². The molecule has 1 rings (SSSR count). The summed E-state index contributed by atoms with van der Waals surface area (Å²) in [5, 5.41) is 1.27. The van der Waals surface area contributed by atoms with E-state index in [1.807, 2.05) is 6.07 Å². The van der Waals surface area contributed by atoms with Crippen LogP contribution in [0.5, 0.6) is 0 Å². The van der Waals surface area contributed by atoms with Gasteiger partial charge in [-0.3, -0.25) is 4.55 Å². The molecule has 0 heterocycles. The largest absolute Gasteiger partial charge is 0.310 e. The Bertz CT molecular complexity index is 377. The first-order chi connectivity index (χ1) is 6.49. The molecule has 5 nitrogen and oxygen atoms in total. The number of benzene rings is 1. The maximum absolute atomic E-state index is 10.4. The van der Waals surface area contributed by atoms with Gasteiger partial charge < -0.3 is 5.01 Å². The molecule has 0 fully saturated rings. The van der Waals surface area contributed by atoms with Crippen LogP contribution in [-0.4, -0.2) is 25.3 Å². The van der Waals surface area contributed by atoms with E-state index in [4.69, 9.17) is 10.4 Å². The van der Waals surface area contributed by atoms with Crippen LogP contribution in [-0.2, 0) is 10.1 Å². The highest BCUT2D eigenvalue weighted by Gasteiger charge is 2.07. The fraction of sp³-hybridized carbons (Fsp3) is 0.250. The Morgan fingerprint density at radius 2 is 1.86 bits per heavy atom. The quantitative estimate of drug-likeness (QED) is 0.428. The first kappa shape index (κ1) is 11.0. The van der Waals surface area contributed by atoms with E-state index in [-0.39, 0.29) is 12.3 Å². The van der Waals surface area contributed by atoms with E-state index >= 15 is 0 Å². The molecule has 0 atom stereocenters. The Balaban J connectivity index is 2.56. The molecule has 0 bridgehead atoms. The number of anilines is 1. The highest BCUT2D eigenvalue weighted by atomic mass is 32.2. The standard InChI is InChI=1S/C8H12N2O3S/c9-10(6-7-14(11,12)13)8-4-2-1-3-5-8/h1-5H,6-7,9H2,(H,11,12,13). The predicted octanol–water partition coefficient (Wildman–Crippen LogP) is 0.255. The van der Waals surface area contributed by atoms with Crippen molar-refractivity contribution in [3.63, 3.8) is 0 Å². The van der Waals surface area contributed by atoms with Crippen LogP contribution in [0, 0.1) is 0 Å². The number of rotatable bonds is 4. The summed E-state index contributed by atoms with van der Waals surface area (Å²) in [6.07, 6.45) is 0. The molecule has 1 aromatic carbocycles. The third-order valence-electron chi connectivity index (χ3n) is 1.68. The minimum Gasteiger partial charge on any atom is -0.310 e. The third-order valence-corrected chi connectivity index (χ3v) is 2.38. The van der Waals surface area contributed by atoms with Crippen LogP contribution in [0.1, 0.15) is 0 Å². The van der Waals surface area contributed by atoms with Crippen LogP contribution >= 0.6 is 0 Å². The zero-order valence-electron chi connectivity index (χ0n) is 7.50. The summed E-state index contributed by atoms with van der Waals surface area (Å²) in [5.74, 6) is 5.18. The number of hydrogen-bond acceptors (Lipinski definition) is 4. The molecule has 0 aliphatic heterocycles. The van der Waals surface area contributed by atoms with Gasteiger partial charge in [0.05, 0.1) is 18.0 Å². The van der Waals surface area contributed by atoms with Crippen LogP contribution < -0.4 is 10.9 Å². The van der Waals surface area contributed by atoms with Gasteiger partial charge in [-0.1, -0.05) is 18.2 Å². The summed E-state index contributed by atoms with van der Waals surface area (Å²) < 4.78 is 29.4. The van der Waals surface area contributed by atoms with Crippen LogP contribution in [0.15, 0.2) is 30.3 Å². The summed E-state index contributed by atoms with van der Waals surface area (Å²) in [5.41, 5.74) is 0.705. The van der Waals surface area contributed by atoms with Crippen molar-refractivity contribution in [2.45, 2.75) is 0 Å². The molecule has 0 aliphatic rings. The fourth-order valence-corrected chi connectivity index (χ4v) is 1.39. The van der Waals surface area contributed by atoms with Crippen molar-refractivity contribution in [3.05, 3.63) is 30.3 Å². The van der Waals surface area contributed by atoms with Crippen LogP contribution in [0.25, 0.3) is 0 Å². The molecule has 1 aromatic rings. The summed E-state index contributed by atoms with van der Waals surface area (Å²) in [6, 6.07) is 8.93. The van der Waals surface area contributed by atoms with Gasteiger partial charge in [-0.15, -0.1) is 0 Å². The second-order valence-corrected chi connectivity index (χ2v) is 4.39. The summed E-state index contributed by atoms with van der Waals surface area (Å²) in [4.78, 5) is 0. The zero-order valence-corrected chi connectivity index (χ0v) is 8.31. The molecule has 0 aliphatic carbocycles. The van der Waals surface area contributed by atoms with Crippen molar-refractivity contribution < 1.29 is 13.0 Å². The Hall–Kier alpha value is -1.11. The number of nitrogens with two attached hydrogens (primary N) is 1. The van der Waals surface area contributed by atoms with Crippen molar-refractivity contribution in [2.75, 3.05) is 17.3 Å². The van der Waals surface area contributed by atoms with E-state index in [1.165, 1.54) is 5.01 Å². The summed E-state index contributed by atoms with van der Waals surface area (Å²) >= 11 is 0. The molecule has 78 valence electrons. The summed E-state index contributed by atoms with van der Waals surface area (Å²) in [7, 11) is -3.95. The third kappa shape index (κ3) is 3.73. The first-order valence-electron chi connectivity index (χ1n) is 4.01. The molecule has 14 heavy (non-hydrogen) atoms. The number of hydrazine groups is 1. The molecule has 0 amide bonds. The molecule has 0 spiro atoms. The Kier molecular flexibility index (Phi) is 3.45. The van der Waals surface area contributed by atoms with Crippen molar-refractivity contribution in [1.29, 1.82) is 0 Å². The average Bonchev–Trinajstić information content (AvgIpc) is 2.14. The van der Waals surface area contributed by atoms with E-state index in [9.17, 15) is 8.42 Å². The van der Waals surface area contributed by atoms with Gasteiger partial charge in [0.2, 0.25) is 0 Å². The summed E-state index contributed by atoms with van der Waals surface area (Å²) in [6.45, 7) is 0.0584. The van der Waals surface area contributed by atoms with Crippen LogP contribution in [0.4, 0.5) is 5.69 Å². The lowest BCUT2D eigenvalue weighted by atomic mass is 10.3. The Labute approximate surface area is 82.9 Å². The number of nitrogens with zero attached hydrogens (tertiary/aromatic N) is 1. The maximum Gasteiger partial charge on any atom is 0.266 e. The number of para-hydroxylation sites is 1. The van der Waals surface area contributed by atoms with E-state index in [0.717, 1.165) is 0 Å². The average molecular weight is 216 g/mol. The van der Waals surface area contributed by atoms with E-state index < -0.39 is 10.1 Å². The molecule has 6 heteroatoms. The lowest BCUT2D eigenvalue weighted by Gasteiger charge is -2.17. The Morgan fingerprint density at radius 3 is 2.36 bits per heavy atom. The fourth-order valence-electron chi connectivity index (χ4n) is 0.962. The van der Waals surface area contributed by atoms with Gasteiger partial charge in [-0.05, 0) is 12.1 Å². The molecule has 0 unspecified atom stereocenters. The lowest BCUT2D eigenvalue weighted by molar-refractivity contribution is 0.482. The molecule has 0 aromatic heterocycles. The van der Waals surface area contributed by atoms with Gasteiger partial charge in [0.1, 0.15) is 0 Å². The first-order valence-corrected chi connectivity index (χ1v) is 5.62. The second kappa shape index (κ2) is 4.41. The van der Waals surface area contributed by atoms with Crippen LogP contribution in [0.2, 0.25) is 0 Å². The topological polar surface area (TPSA) is 83.6 Å². The monoisotopic (exact) mass is 216 g/mol. The second-order valence-electron chi connectivity index (χ2n) is 2.81. The van der Waals surface area contributed by atoms with Gasteiger partial charge >= 0.3 is 0 Å². The van der Waals surface area contributed by atoms with E-state index in [0.29, 0.717) is 5.69 Å². The minimum atomic E-state index is -3.95. The predicted molar refractivity (Wildman–Crippen MR) is 54.4 cm³/mol. The van der Waals surface area contributed by atoms with E-state index in [2.05, 4.69) is 0 Å². The molecule has 3 N–H and O–H groups in total. The zero-order chi connectivity index (χ0) is 10.6.